The monoisotopic (exact) mass is 257 g/mol. The number of nitrogens with one attached hydrogen (secondary N) is 1. The van der Waals surface area contributed by atoms with Gasteiger partial charge in [0.25, 0.3) is 0 Å². The fourth-order valence-electron chi connectivity index (χ4n) is 2.71. The van der Waals surface area contributed by atoms with Crippen LogP contribution in [0.2, 0.25) is 0 Å². The first-order valence-electron chi connectivity index (χ1n) is 7.41. The summed E-state index contributed by atoms with van der Waals surface area (Å²) in [5, 5.41) is 3.36. The summed E-state index contributed by atoms with van der Waals surface area (Å²) in [7, 11) is 0. The van der Waals surface area contributed by atoms with Gasteiger partial charge < -0.3 is 11.1 Å². The zero-order valence-corrected chi connectivity index (χ0v) is 11.4. The maximum Gasteiger partial charge on any atom is 0.188 e. The molecule has 2 fully saturated rings. The Labute approximate surface area is 115 Å². The Kier molecular flexibility index (Phi) is 3.72. The minimum atomic E-state index is 0.533. The number of benzene rings is 1. The van der Waals surface area contributed by atoms with Gasteiger partial charge >= 0.3 is 0 Å². The Morgan fingerprint density at radius 2 is 2.05 bits per heavy atom. The molecular weight excluding hydrogens is 234 g/mol. The lowest BCUT2D eigenvalue weighted by Gasteiger charge is -2.23. The average Bonchev–Trinajstić information content (AvgIpc) is 3.06. The van der Waals surface area contributed by atoms with Gasteiger partial charge in [0, 0.05) is 12.6 Å². The molecule has 2 aliphatic rings. The van der Waals surface area contributed by atoms with Crippen LogP contribution < -0.4 is 11.1 Å². The smallest absolute Gasteiger partial charge is 0.188 e. The highest BCUT2D eigenvalue weighted by atomic mass is 15.1. The van der Waals surface area contributed by atoms with E-state index in [0.717, 1.165) is 24.8 Å². The lowest BCUT2D eigenvalue weighted by molar-refractivity contribution is 0.326. The molecule has 102 valence electrons. The van der Waals surface area contributed by atoms with E-state index in [1.807, 2.05) is 0 Å². The summed E-state index contributed by atoms with van der Waals surface area (Å²) in [5.74, 6) is 2.16. The molecule has 0 heterocycles. The van der Waals surface area contributed by atoms with Crippen molar-refractivity contribution in [3.05, 3.63) is 35.9 Å². The number of nitrogens with two attached hydrogens (primary N) is 1. The molecule has 0 aromatic heterocycles. The van der Waals surface area contributed by atoms with Crippen molar-refractivity contribution in [3.8, 4) is 0 Å². The van der Waals surface area contributed by atoms with E-state index in [-0.39, 0.29) is 0 Å². The lowest BCUT2D eigenvalue weighted by atomic mass is 9.86. The predicted molar refractivity (Wildman–Crippen MR) is 79.0 cm³/mol. The SMILES string of the molecule is NC(=NCC1CCC1)NC1CC1Cc1ccccc1. The molecule has 0 spiro atoms. The second-order valence-corrected chi connectivity index (χ2v) is 5.96. The molecule has 2 atom stereocenters. The minimum absolute atomic E-state index is 0.533. The van der Waals surface area contributed by atoms with Crippen molar-refractivity contribution in [1.82, 2.24) is 5.32 Å². The number of hydrogen-bond donors (Lipinski definition) is 2. The number of hydrogen-bond acceptors (Lipinski definition) is 1. The van der Waals surface area contributed by atoms with Crippen LogP contribution in [-0.2, 0) is 6.42 Å². The van der Waals surface area contributed by atoms with Crippen LogP contribution in [0.1, 0.15) is 31.2 Å². The van der Waals surface area contributed by atoms with Gasteiger partial charge in [0.1, 0.15) is 0 Å². The van der Waals surface area contributed by atoms with Gasteiger partial charge in [-0.2, -0.15) is 0 Å². The van der Waals surface area contributed by atoms with Crippen molar-refractivity contribution in [2.75, 3.05) is 6.54 Å². The standard InChI is InChI=1S/C16H23N3/c17-16(18-11-13-7-4-8-13)19-15-10-14(15)9-12-5-2-1-3-6-12/h1-3,5-6,13-15H,4,7-11H2,(H3,17,18,19). The Morgan fingerprint density at radius 1 is 1.26 bits per heavy atom. The highest BCUT2D eigenvalue weighted by molar-refractivity contribution is 5.78. The lowest BCUT2D eigenvalue weighted by Crippen LogP contribution is -2.35. The normalized spacial score (nSPS) is 26.8. The molecule has 2 saturated carbocycles. The number of rotatable bonds is 5. The van der Waals surface area contributed by atoms with Crippen LogP contribution in [0.25, 0.3) is 0 Å². The second kappa shape index (κ2) is 5.64. The summed E-state index contributed by atoms with van der Waals surface area (Å²) in [4.78, 5) is 4.45. The van der Waals surface area contributed by atoms with Crippen molar-refractivity contribution in [3.63, 3.8) is 0 Å². The molecule has 0 saturated heterocycles. The van der Waals surface area contributed by atoms with E-state index in [4.69, 9.17) is 5.73 Å². The second-order valence-electron chi connectivity index (χ2n) is 5.96. The Hall–Kier alpha value is -1.51. The summed E-state index contributed by atoms with van der Waals surface area (Å²) in [6, 6.07) is 11.2. The van der Waals surface area contributed by atoms with Crippen LogP contribution in [0.5, 0.6) is 0 Å². The molecule has 2 aliphatic carbocycles. The van der Waals surface area contributed by atoms with E-state index >= 15 is 0 Å². The molecule has 3 heteroatoms. The summed E-state index contributed by atoms with van der Waals surface area (Å²) in [6.07, 6.45) is 6.39. The Balaban J connectivity index is 1.40. The fourth-order valence-corrected chi connectivity index (χ4v) is 2.71. The van der Waals surface area contributed by atoms with E-state index in [2.05, 4.69) is 40.6 Å². The van der Waals surface area contributed by atoms with Gasteiger partial charge in [-0.05, 0) is 43.1 Å². The summed E-state index contributed by atoms with van der Waals surface area (Å²) in [5.41, 5.74) is 7.35. The van der Waals surface area contributed by atoms with Crippen molar-refractivity contribution in [2.24, 2.45) is 22.6 Å². The van der Waals surface area contributed by atoms with Gasteiger partial charge in [-0.1, -0.05) is 36.8 Å². The molecule has 0 radical (unpaired) electrons. The van der Waals surface area contributed by atoms with Gasteiger partial charge in [-0.25, -0.2) is 0 Å². The summed E-state index contributed by atoms with van der Waals surface area (Å²) in [6.45, 7) is 0.912. The van der Waals surface area contributed by atoms with Crippen LogP contribution >= 0.6 is 0 Å². The third kappa shape index (κ3) is 3.49. The number of aliphatic imine (C=N–C) groups is 1. The topological polar surface area (TPSA) is 50.4 Å². The quantitative estimate of drug-likeness (QED) is 0.628. The molecule has 0 bridgehead atoms. The van der Waals surface area contributed by atoms with Crippen LogP contribution in [0.3, 0.4) is 0 Å². The highest BCUT2D eigenvalue weighted by Crippen LogP contribution is 2.33. The molecular formula is C16H23N3. The van der Waals surface area contributed by atoms with Gasteiger partial charge in [0.15, 0.2) is 5.96 Å². The van der Waals surface area contributed by atoms with E-state index in [9.17, 15) is 0 Å². The molecule has 1 aromatic rings. The summed E-state index contributed by atoms with van der Waals surface area (Å²) < 4.78 is 0. The predicted octanol–water partition coefficient (Wildman–Crippen LogP) is 2.32. The third-order valence-corrected chi connectivity index (χ3v) is 4.34. The molecule has 2 unspecified atom stereocenters. The van der Waals surface area contributed by atoms with Crippen LogP contribution in [-0.4, -0.2) is 18.5 Å². The highest BCUT2D eigenvalue weighted by Gasteiger charge is 2.37. The van der Waals surface area contributed by atoms with Crippen molar-refractivity contribution < 1.29 is 0 Å². The van der Waals surface area contributed by atoms with Crippen LogP contribution in [0.4, 0.5) is 0 Å². The molecule has 3 rings (SSSR count). The average molecular weight is 257 g/mol. The molecule has 0 amide bonds. The van der Waals surface area contributed by atoms with Crippen LogP contribution in [0, 0.1) is 11.8 Å². The minimum Gasteiger partial charge on any atom is -0.370 e. The van der Waals surface area contributed by atoms with E-state index in [0.29, 0.717) is 12.0 Å². The first kappa shape index (κ1) is 12.5. The largest absolute Gasteiger partial charge is 0.370 e. The fraction of sp³-hybridized carbons (Fsp3) is 0.562. The number of guanidine groups is 1. The van der Waals surface area contributed by atoms with E-state index in [1.54, 1.807) is 0 Å². The molecule has 0 aliphatic heterocycles. The Bertz CT molecular complexity index is 437. The maximum atomic E-state index is 5.94. The van der Waals surface area contributed by atoms with Crippen molar-refractivity contribution in [1.29, 1.82) is 0 Å². The number of nitrogens with zero attached hydrogens (tertiary/aromatic N) is 1. The van der Waals surface area contributed by atoms with Gasteiger partial charge in [-0.15, -0.1) is 0 Å². The van der Waals surface area contributed by atoms with Crippen molar-refractivity contribution >= 4 is 5.96 Å². The van der Waals surface area contributed by atoms with Gasteiger partial charge in [-0.3, -0.25) is 4.99 Å². The Morgan fingerprint density at radius 3 is 2.74 bits per heavy atom. The maximum absolute atomic E-state index is 5.94. The van der Waals surface area contributed by atoms with Gasteiger partial charge in [0.2, 0.25) is 0 Å². The third-order valence-electron chi connectivity index (χ3n) is 4.34. The first-order valence-corrected chi connectivity index (χ1v) is 7.41. The molecule has 3 nitrogen and oxygen atoms in total. The van der Waals surface area contributed by atoms with Crippen LogP contribution in [0.15, 0.2) is 35.3 Å². The molecule has 1 aromatic carbocycles. The first-order chi connectivity index (χ1) is 9.31. The zero-order valence-electron chi connectivity index (χ0n) is 11.4. The summed E-state index contributed by atoms with van der Waals surface area (Å²) >= 11 is 0. The van der Waals surface area contributed by atoms with Gasteiger partial charge in [0.05, 0.1) is 0 Å². The zero-order chi connectivity index (χ0) is 13.1. The van der Waals surface area contributed by atoms with E-state index in [1.165, 1.54) is 31.2 Å². The van der Waals surface area contributed by atoms with E-state index < -0.39 is 0 Å². The molecule has 3 N–H and O–H groups in total. The molecule has 19 heavy (non-hydrogen) atoms. The van der Waals surface area contributed by atoms with Crippen molar-refractivity contribution in [2.45, 2.75) is 38.1 Å².